The van der Waals surface area contributed by atoms with E-state index in [0.717, 1.165) is 0 Å². The zero-order valence-electron chi connectivity index (χ0n) is 8.19. The van der Waals surface area contributed by atoms with Gasteiger partial charge in [0, 0.05) is 13.6 Å². The zero-order chi connectivity index (χ0) is 10.7. The first-order chi connectivity index (χ1) is 6.56. The fourth-order valence-electron chi connectivity index (χ4n) is 1.51. The summed E-state index contributed by atoms with van der Waals surface area (Å²) in [7, 11) is 2.57. The molecule has 0 aromatic carbocycles. The van der Waals surface area contributed by atoms with Gasteiger partial charge < -0.3 is 10.1 Å². The Kier molecular flexibility index (Phi) is 3.43. The van der Waals surface area contributed by atoms with Crippen molar-refractivity contribution in [2.75, 3.05) is 20.7 Å². The highest BCUT2D eigenvalue weighted by atomic mass is 16.5. The maximum atomic E-state index is 11.3. The summed E-state index contributed by atoms with van der Waals surface area (Å²) in [5.74, 6) is -1.11. The lowest BCUT2D eigenvalue weighted by Crippen LogP contribution is -2.31. The van der Waals surface area contributed by atoms with E-state index >= 15 is 0 Å². The van der Waals surface area contributed by atoms with Crippen molar-refractivity contribution in [3.63, 3.8) is 0 Å². The molecule has 1 aliphatic rings. The third-order valence-corrected chi connectivity index (χ3v) is 2.28. The van der Waals surface area contributed by atoms with Crippen LogP contribution >= 0.6 is 0 Å². The predicted molar refractivity (Wildman–Crippen MR) is 46.5 cm³/mol. The van der Waals surface area contributed by atoms with Crippen LogP contribution in [0.1, 0.15) is 6.42 Å². The fourth-order valence-corrected chi connectivity index (χ4v) is 1.51. The van der Waals surface area contributed by atoms with Crippen molar-refractivity contribution < 1.29 is 19.5 Å². The highest BCUT2D eigenvalue weighted by Gasteiger charge is 2.35. The molecule has 1 heterocycles. The van der Waals surface area contributed by atoms with Crippen molar-refractivity contribution in [1.29, 1.82) is 0 Å². The normalized spacial score (nSPS) is 25.9. The molecule has 6 heteroatoms. The molecule has 0 aromatic rings. The zero-order valence-corrected chi connectivity index (χ0v) is 8.19. The summed E-state index contributed by atoms with van der Waals surface area (Å²) < 4.78 is 4.53. The summed E-state index contributed by atoms with van der Waals surface area (Å²) in [4.78, 5) is 22.4. The Morgan fingerprint density at radius 3 is 2.71 bits per heavy atom. The van der Waals surface area contributed by atoms with Gasteiger partial charge in [0.2, 0.25) is 5.91 Å². The smallest absolute Gasteiger partial charge is 0.322 e. The molecule has 0 saturated carbocycles. The molecule has 14 heavy (non-hydrogen) atoms. The van der Waals surface area contributed by atoms with Crippen molar-refractivity contribution in [2.45, 2.75) is 12.5 Å². The number of ether oxygens (including phenoxy) is 1. The van der Waals surface area contributed by atoms with Gasteiger partial charge in [-0.05, 0) is 6.42 Å². The molecule has 2 N–H and O–H groups in total. The van der Waals surface area contributed by atoms with Crippen LogP contribution in [0, 0.1) is 5.92 Å². The molecule has 1 fully saturated rings. The van der Waals surface area contributed by atoms with E-state index in [2.05, 4.69) is 10.1 Å². The lowest BCUT2D eigenvalue weighted by atomic mass is 10.1. The second kappa shape index (κ2) is 4.39. The third kappa shape index (κ3) is 2.21. The van der Waals surface area contributed by atoms with Crippen molar-refractivity contribution in [1.82, 2.24) is 10.4 Å². The molecule has 0 radical (unpaired) electrons. The second-order valence-electron chi connectivity index (χ2n) is 3.28. The molecule has 0 bridgehead atoms. The van der Waals surface area contributed by atoms with Crippen LogP contribution in [0.3, 0.4) is 0 Å². The Bertz CT molecular complexity index is 241. The lowest BCUT2D eigenvalue weighted by molar-refractivity contribution is -0.163. The maximum Gasteiger partial charge on any atom is 0.322 e. The van der Waals surface area contributed by atoms with Gasteiger partial charge in [-0.15, -0.1) is 0 Å². The minimum absolute atomic E-state index is 0.353. The van der Waals surface area contributed by atoms with Gasteiger partial charge in [-0.25, -0.2) is 5.06 Å². The van der Waals surface area contributed by atoms with E-state index in [-0.39, 0.29) is 17.8 Å². The van der Waals surface area contributed by atoms with Gasteiger partial charge in [0.25, 0.3) is 0 Å². The highest BCUT2D eigenvalue weighted by molar-refractivity contribution is 5.82. The molecule has 0 aliphatic carbocycles. The number of carbonyl (C=O) groups excluding carboxylic acids is 2. The van der Waals surface area contributed by atoms with Crippen LogP contribution in [0.5, 0.6) is 0 Å². The van der Waals surface area contributed by atoms with E-state index in [1.807, 2.05) is 0 Å². The number of rotatable bonds is 2. The third-order valence-electron chi connectivity index (χ3n) is 2.28. The Balaban J connectivity index is 2.49. The summed E-state index contributed by atoms with van der Waals surface area (Å²) in [6.07, 6.45) is 0.371. The van der Waals surface area contributed by atoms with E-state index in [9.17, 15) is 9.59 Å². The molecule has 1 saturated heterocycles. The molecular formula is C8H14N2O4. The quantitative estimate of drug-likeness (QED) is 0.340. The van der Waals surface area contributed by atoms with Gasteiger partial charge in [0.1, 0.15) is 6.04 Å². The first-order valence-corrected chi connectivity index (χ1v) is 4.34. The molecule has 6 nitrogen and oxygen atoms in total. The molecule has 2 unspecified atom stereocenters. The topological polar surface area (TPSA) is 78.9 Å². The monoisotopic (exact) mass is 202 g/mol. The van der Waals surface area contributed by atoms with Gasteiger partial charge in [-0.3, -0.25) is 14.8 Å². The molecule has 0 aromatic heterocycles. The van der Waals surface area contributed by atoms with Crippen molar-refractivity contribution in [3.8, 4) is 0 Å². The van der Waals surface area contributed by atoms with Gasteiger partial charge in [-0.2, -0.15) is 0 Å². The Hall–Kier alpha value is -1.14. The molecule has 2 atom stereocenters. The van der Waals surface area contributed by atoms with Crippen LogP contribution in [0.2, 0.25) is 0 Å². The van der Waals surface area contributed by atoms with Crippen LogP contribution in [0.15, 0.2) is 0 Å². The lowest BCUT2D eigenvalue weighted by Gasteiger charge is -2.12. The average molecular weight is 202 g/mol. The van der Waals surface area contributed by atoms with Crippen molar-refractivity contribution in [2.24, 2.45) is 5.92 Å². The number of nitrogens with one attached hydrogen (secondary N) is 1. The number of hydrogen-bond acceptors (Lipinski definition) is 5. The summed E-state index contributed by atoms with van der Waals surface area (Å²) in [5.41, 5.74) is 0. The number of hydroxylamine groups is 2. The Labute approximate surface area is 81.8 Å². The Morgan fingerprint density at radius 2 is 2.21 bits per heavy atom. The van der Waals surface area contributed by atoms with Crippen LogP contribution in [0.4, 0.5) is 0 Å². The number of esters is 1. The standard InChI is InChI=1S/C8H14N2O4/c1-10(13)7(11)5-3-6(9-4-5)8(12)14-2/h5-6,9,13H,3-4H2,1-2H3. The van der Waals surface area contributed by atoms with Gasteiger partial charge in [-0.1, -0.05) is 0 Å². The van der Waals surface area contributed by atoms with E-state index in [1.165, 1.54) is 14.2 Å². The average Bonchev–Trinajstić information content (AvgIpc) is 2.64. The molecular weight excluding hydrogens is 188 g/mol. The fraction of sp³-hybridized carbons (Fsp3) is 0.750. The van der Waals surface area contributed by atoms with E-state index < -0.39 is 6.04 Å². The minimum atomic E-state index is -0.436. The second-order valence-corrected chi connectivity index (χ2v) is 3.28. The Morgan fingerprint density at radius 1 is 1.57 bits per heavy atom. The number of nitrogens with zero attached hydrogens (tertiary/aromatic N) is 1. The maximum absolute atomic E-state index is 11.3. The van der Waals surface area contributed by atoms with Crippen LogP contribution in [-0.4, -0.2) is 48.9 Å². The summed E-state index contributed by atoms with van der Waals surface area (Å²) in [6, 6.07) is -0.436. The molecule has 1 rings (SSSR count). The van der Waals surface area contributed by atoms with E-state index in [4.69, 9.17) is 5.21 Å². The highest BCUT2D eigenvalue weighted by Crippen LogP contribution is 2.16. The molecule has 1 amide bonds. The molecule has 80 valence electrons. The number of carbonyl (C=O) groups is 2. The van der Waals surface area contributed by atoms with Crippen molar-refractivity contribution >= 4 is 11.9 Å². The summed E-state index contributed by atoms with van der Waals surface area (Å²) in [6.45, 7) is 0.392. The van der Waals surface area contributed by atoms with Gasteiger partial charge in [0.05, 0.1) is 13.0 Å². The first-order valence-electron chi connectivity index (χ1n) is 4.34. The summed E-state index contributed by atoms with van der Waals surface area (Å²) >= 11 is 0. The van der Waals surface area contributed by atoms with Crippen LogP contribution in [-0.2, 0) is 14.3 Å². The van der Waals surface area contributed by atoms with Crippen molar-refractivity contribution in [3.05, 3.63) is 0 Å². The predicted octanol–water partition coefficient (Wildman–Crippen LogP) is -1.01. The van der Waals surface area contributed by atoms with Crippen LogP contribution in [0.25, 0.3) is 0 Å². The van der Waals surface area contributed by atoms with Crippen LogP contribution < -0.4 is 5.32 Å². The van der Waals surface area contributed by atoms with Gasteiger partial charge in [0.15, 0.2) is 0 Å². The number of amides is 1. The number of methoxy groups -OCH3 is 1. The largest absolute Gasteiger partial charge is 0.468 e. The SMILES string of the molecule is COC(=O)C1CC(C(=O)N(C)O)CN1. The number of hydrogen-bond donors (Lipinski definition) is 2. The van der Waals surface area contributed by atoms with Gasteiger partial charge >= 0.3 is 5.97 Å². The first kappa shape index (κ1) is 10.9. The van der Waals surface area contributed by atoms with E-state index in [1.54, 1.807) is 0 Å². The van der Waals surface area contributed by atoms with E-state index in [0.29, 0.717) is 18.0 Å². The molecule has 1 aliphatic heterocycles. The minimum Gasteiger partial charge on any atom is -0.468 e. The summed E-state index contributed by atoms with van der Waals surface area (Å²) in [5, 5.41) is 12.3. The molecule has 0 spiro atoms.